The molecule has 0 saturated carbocycles. The van der Waals surface area contributed by atoms with Gasteiger partial charge in [0.25, 0.3) is 0 Å². The molecule has 0 unspecified atom stereocenters. The molecule has 0 atom stereocenters. The van der Waals surface area contributed by atoms with Crippen LogP contribution in [0.4, 0.5) is 18.0 Å². The van der Waals surface area contributed by atoms with Crippen LogP contribution in [0.15, 0.2) is 28.7 Å². The molecule has 0 saturated heterocycles. The van der Waals surface area contributed by atoms with E-state index in [1.54, 1.807) is 39.0 Å². The van der Waals surface area contributed by atoms with Gasteiger partial charge >= 0.3 is 12.5 Å². The Morgan fingerprint density at radius 3 is 2.48 bits per heavy atom. The van der Waals surface area contributed by atoms with Gasteiger partial charge in [0.05, 0.1) is 0 Å². The molecule has 1 N–H and O–H groups in total. The Kier molecular flexibility index (Phi) is 6.49. The van der Waals surface area contributed by atoms with Gasteiger partial charge in [0, 0.05) is 11.0 Å². The van der Waals surface area contributed by atoms with Gasteiger partial charge < -0.3 is 14.8 Å². The minimum atomic E-state index is -4.75. The van der Waals surface area contributed by atoms with Crippen LogP contribution in [0.3, 0.4) is 0 Å². The average Bonchev–Trinajstić information content (AvgIpc) is 2.29. The van der Waals surface area contributed by atoms with E-state index in [-0.39, 0.29) is 12.3 Å². The fraction of sp³-hybridized carbons (Fsp3) is 0.400. The van der Waals surface area contributed by atoms with Gasteiger partial charge in [-0.15, -0.1) is 13.2 Å². The summed E-state index contributed by atoms with van der Waals surface area (Å²) in [6.07, 6.45) is -2.17. The van der Waals surface area contributed by atoms with E-state index in [2.05, 4.69) is 26.0 Å². The summed E-state index contributed by atoms with van der Waals surface area (Å²) in [5.74, 6) is -0.327. The maximum atomic E-state index is 12.2. The SMILES string of the molecule is CC(C)(C)OC(=O)NCC=Cc1cc(Br)cc(OC(F)(F)F)c1. The molecule has 0 aromatic heterocycles. The van der Waals surface area contributed by atoms with E-state index < -0.39 is 18.1 Å². The third kappa shape index (κ3) is 9.12. The summed E-state index contributed by atoms with van der Waals surface area (Å²) in [5.41, 5.74) is -0.105. The molecule has 0 fully saturated rings. The Hall–Kier alpha value is -1.70. The molecule has 1 aromatic rings. The maximum Gasteiger partial charge on any atom is 0.573 e. The number of carbonyl (C=O) groups is 1. The molecule has 0 radical (unpaired) electrons. The number of alkyl carbamates (subject to hydrolysis) is 1. The van der Waals surface area contributed by atoms with Gasteiger partial charge in [-0.2, -0.15) is 0 Å². The zero-order valence-electron chi connectivity index (χ0n) is 12.8. The lowest BCUT2D eigenvalue weighted by atomic mass is 10.2. The minimum absolute atomic E-state index is 0.177. The molecule has 23 heavy (non-hydrogen) atoms. The minimum Gasteiger partial charge on any atom is -0.444 e. The van der Waals surface area contributed by atoms with E-state index in [4.69, 9.17) is 4.74 Å². The second kappa shape index (κ2) is 7.72. The predicted octanol–water partition coefficient (Wildman–Crippen LogP) is 4.89. The summed E-state index contributed by atoms with van der Waals surface area (Å²) in [6.45, 7) is 5.40. The van der Waals surface area contributed by atoms with E-state index >= 15 is 0 Å². The summed E-state index contributed by atoms with van der Waals surface area (Å²) < 4.78 is 46.0. The molecular formula is C15H17BrF3NO3. The lowest BCUT2D eigenvalue weighted by Gasteiger charge is -2.19. The molecule has 8 heteroatoms. The maximum absolute atomic E-state index is 12.2. The van der Waals surface area contributed by atoms with Crippen molar-refractivity contribution in [1.82, 2.24) is 5.32 Å². The van der Waals surface area contributed by atoms with Crippen molar-refractivity contribution in [1.29, 1.82) is 0 Å². The van der Waals surface area contributed by atoms with E-state index in [0.29, 0.717) is 10.0 Å². The van der Waals surface area contributed by atoms with Crippen molar-refractivity contribution in [3.05, 3.63) is 34.3 Å². The number of carbonyl (C=O) groups excluding carboxylic acids is 1. The predicted molar refractivity (Wildman–Crippen MR) is 84.1 cm³/mol. The van der Waals surface area contributed by atoms with E-state index in [1.165, 1.54) is 12.1 Å². The van der Waals surface area contributed by atoms with Gasteiger partial charge in [0.15, 0.2) is 0 Å². The molecular weight excluding hydrogens is 379 g/mol. The fourth-order valence-electron chi connectivity index (χ4n) is 1.52. The zero-order valence-corrected chi connectivity index (χ0v) is 14.4. The van der Waals surface area contributed by atoms with Crippen LogP contribution in [-0.4, -0.2) is 24.6 Å². The Morgan fingerprint density at radius 1 is 1.26 bits per heavy atom. The van der Waals surface area contributed by atoms with Gasteiger partial charge in [-0.1, -0.05) is 28.1 Å². The van der Waals surface area contributed by atoms with Crippen molar-refractivity contribution in [2.24, 2.45) is 0 Å². The van der Waals surface area contributed by atoms with Crippen molar-refractivity contribution in [2.45, 2.75) is 32.7 Å². The van der Waals surface area contributed by atoms with Crippen LogP contribution >= 0.6 is 15.9 Å². The molecule has 128 valence electrons. The normalized spacial score (nSPS) is 12.3. The molecule has 0 spiro atoms. The van der Waals surface area contributed by atoms with Gasteiger partial charge in [0.1, 0.15) is 11.4 Å². The number of rotatable bonds is 4. The number of alkyl halides is 3. The van der Waals surface area contributed by atoms with Crippen molar-refractivity contribution in [3.63, 3.8) is 0 Å². The van der Waals surface area contributed by atoms with Crippen molar-refractivity contribution >= 4 is 28.1 Å². The first-order valence-electron chi connectivity index (χ1n) is 6.64. The summed E-state index contributed by atoms with van der Waals surface area (Å²) in [7, 11) is 0. The molecule has 0 aliphatic heterocycles. The first-order valence-corrected chi connectivity index (χ1v) is 7.44. The highest BCUT2D eigenvalue weighted by molar-refractivity contribution is 9.10. The number of benzene rings is 1. The average molecular weight is 396 g/mol. The zero-order chi connectivity index (χ0) is 17.7. The third-order valence-corrected chi connectivity index (χ3v) is 2.66. The Balaban J connectivity index is 2.61. The molecule has 0 aliphatic carbocycles. The molecule has 1 amide bonds. The lowest BCUT2D eigenvalue weighted by molar-refractivity contribution is -0.274. The summed E-state index contributed by atoms with van der Waals surface area (Å²) >= 11 is 3.11. The standard InChI is InChI=1S/C15H17BrF3NO3/c1-14(2,3)23-13(21)20-6-4-5-10-7-11(16)9-12(8-10)22-15(17,18)19/h4-5,7-9H,6H2,1-3H3,(H,20,21). The Labute approximate surface area is 140 Å². The monoisotopic (exact) mass is 395 g/mol. The molecule has 4 nitrogen and oxygen atoms in total. The smallest absolute Gasteiger partial charge is 0.444 e. The Morgan fingerprint density at radius 2 is 1.91 bits per heavy atom. The molecule has 1 rings (SSSR count). The number of halogens is 4. The van der Waals surface area contributed by atoms with Crippen LogP contribution in [0.1, 0.15) is 26.3 Å². The number of amides is 1. The second-order valence-corrected chi connectivity index (χ2v) is 6.47. The van der Waals surface area contributed by atoms with E-state index in [1.807, 2.05) is 0 Å². The number of hydrogen-bond acceptors (Lipinski definition) is 3. The fourth-order valence-corrected chi connectivity index (χ4v) is 2.01. The highest BCUT2D eigenvalue weighted by Crippen LogP contribution is 2.27. The van der Waals surface area contributed by atoms with Gasteiger partial charge in [-0.3, -0.25) is 0 Å². The second-order valence-electron chi connectivity index (χ2n) is 5.55. The largest absolute Gasteiger partial charge is 0.573 e. The number of ether oxygens (including phenoxy) is 2. The quantitative estimate of drug-likeness (QED) is 0.789. The topological polar surface area (TPSA) is 47.6 Å². The van der Waals surface area contributed by atoms with Crippen molar-refractivity contribution < 1.29 is 27.4 Å². The van der Waals surface area contributed by atoms with Gasteiger partial charge in [0.2, 0.25) is 0 Å². The highest BCUT2D eigenvalue weighted by atomic mass is 79.9. The summed E-state index contributed by atoms with van der Waals surface area (Å²) in [6, 6.07) is 4.07. The van der Waals surface area contributed by atoms with Crippen molar-refractivity contribution in [2.75, 3.05) is 6.54 Å². The number of nitrogens with one attached hydrogen (secondary N) is 1. The van der Waals surface area contributed by atoms with Gasteiger partial charge in [-0.05, 0) is 44.5 Å². The summed E-state index contributed by atoms with van der Waals surface area (Å²) in [4.78, 5) is 11.4. The molecule has 0 bridgehead atoms. The van der Waals surface area contributed by atoms with E-state index in [0.717, 1.165) is 0 Å². The van der Waals surface area contributed by atoms with Crippen LogP contribution in [0, 0.1) is 0 Å². The molecule has 0 aliphatic rings. The third-order valence-electron chi connectivity index (χ3n) is 2.20. The highest BCUT2D eigenvalue weighted by Gasteiger charge is 2.31. The van der Waals surface area contributed by atoms with Gasteiger partial charge in [-0.25, -0.2) is 4.79 Å². The van der Waals surface area contributed by atoms with Crippen LogP contribution < -0.4 is 10.1 Å². The lowest BCUT2D eigenvalue weighted by Crippen LogP contribution is -2.32. The first kappa shape index (κ1) is 19.3. The molecule has 1 aromatic carbocycles. The van der Waals surface area contributed by atoms with Crippen LogP contribution in [-0.2, 0) is 4.74 Å². The van der Waals surface area contributed by atoms with Crippen LogP contribution in [0.25, 0.3) is 6.08 Å². The van der Waals surface area contributed by atoms with Crippen LogP contribution in [0.2, 0.25) is 0 Å². The van der Waals surface area contributed by atoms with Crippen molar-refractivity contribution in [3.8, 4) is 5.75 Å². The first-order chi connectivity index (χ1) is 10.4. The number of hydrogen-bond donors (Lipinski definition) is 1. The van der Waals surface area contributed by atoms with E-state index in [9.17, 15) is 18.0 Å². The molecule has 0 heterocycles. The van der Waals surface area contributed by atoms with Crippen LogP contribution in [0.5, 0.6) is 5.75 Å². The summed E-state index contributed by atoms with van der Waals surface area (Å²) in [5, 5.41) is 2.51. The Bertz CT molecular complexity index is 580.